The van der Waals surface area contributed by atoms with Gasteiger partial charge in [0.15, 0.2) is 21.4 Å². The van der Waals surface area contributed by atoms with E-state index in [0.29, 0.717) is 30.3 Å². The molecule has 0 fully saturated rings. The molecule has 0 saturated heterocycles. The first-order valence-corrected chi connectivity index (χ1v) is 20.3. The van der Waals surface area contributed by atoms with Crippen molar-refractivity contribution in [2.24, 2.45) is 20.5 Å². The number of hydrogen-bond acceptors (Lipinski definition) is 17. The van der Waals surface area contributed by atoms with Crippen molar-refractivity contribution < 1.29 is 74.0 Å². The van der Waals surface area contributed by atoms with Crippen molar-refractivity contribution in [3.05, 3.63) is 60.4 Å². The maximum absolute atomic E-state index is 14.4. The minimum absolute atomic E-state index is 0.168. The van der Waals surface area contributed by atoms with E-state index >= 15 is 0 Å². The number of phenolic OH excluding ortho intramolecular Hbond substituents is 1. The number of nitrogens with two attached hydrogens (primary N) is 1. The van der Waals surface area contributed by atoms with Gasteiger partial charge in [-0.25, -0.2) is 17.0 Å². The number of fused-ring (bicyclic) bond motifs is 1. The fourth-order valence-corrected chi connectivity index (χ4v) is 7.45. The fourth-order valence-electron chi connectivity index (χ4n) is 4.13. The van der Waals surface area contributed by atoms with E-state index in [9.17, 15) is 65.2 Å². The first-order valence-electron chi connectivity index (χ1n) is 12.9. The third kappa shape index (κ3) is 9.21. The third-order valence-corrected chi connectivity index (χ3v) is 11.1. The summed E-state index contributed by atoms with van der Waals surface area (Å²) in [5.41, 5.74) is 2.21. The molecule has 0 spiro atoms. The first-order chi connectivity index (χ1) is 23.3. The highest BCUT2D eigenvalue weighted by Gasteiger charge is 2.28. The van der Waals surface area contributed by atoms with Gasteiger partial charge in [-0.3, -0.25) is 18.2 Å². The summed E-state index contributed by atoms with van der Waals surface area (Å²) < 4.78 is 174. The summed E-state index contributed by atoms with van der Waals surface area (Å²) in [5, 5.41) is 24.1. The van der Waals surface area contributed by atoms with Crippen LogP contribution in [0.15, 0.2) is 94.6 Å². The Morgan fingerprint density at radius 1 is 0.667 bits per heavy atom. The van der Waals surface area contributed by atoms with Gasteiger partial charge in [-0.1, -0.05) is 0 Å². The van der Waals surface area contributed by atoms with E-state index in [1.807, 2.05) is 0 Å². The quantitative estimate of drug-likeness (QED) is 0.0677. The summed E-state index contributed by atoms with van der Waals surface area (Å²) in [7, 11) is -24.6. The monoisotopic (exact) mass is 813 g/mol. The number of halogens is 1. The number of rotatable bonds is 12. The zero-order chi connectivity index (χ0) is 38.3. The standard InChI is InChI=1S/C24H20FN5O16S5/c25-16-6-5-15(48(34,35)36)11-17(16)28-30-23-19(50(40,41)42)10-12-9-18(49(37,38)39)22(21(26)20(12)24(23)31)29-27-13-1-3-14(4-2-13)47(32,33)8-7-46-51(43,44)45/h1-6,9-11,31H,7-8,26H2,(H,34,35,36)(H,37,38,39)(H,40,41,42)(H,43,44,45). The van der Waals surface area contributed by atoms with Crippen LogP contribution < -0.4 is 5.73 Å². The second-order valence-electron chi connectivity index (χ2n) is 9.81. The summed E-state index contributed by atoms with van der Waals surface area (Å²) in [6.07, 6.45) is 0. The highest BCUT2D eigenvalue weighted by Crippen LogP contribution is 2.48. The molecule has 274 valence electrons. The van der Waals surface area contributed by atoms with Crippen LogP contribution in [0.25, 0.3) is 10.8 Å². The van der Waals surface area contributed by atoms with Crippen LogP contribution in [0.1, 0.15) is 0 Å². The maximum Gasteiger partial charge on any atom is 0.397 e. The molecular weight excluding hydrogens is 794 g/mol. The molecule has 0 aliphatic rings. The summed E-state index contributed by atoms with van der Waals surface area (Å²) in [6.45, 7) is -0.915. The molecule has 0 aromatic heterocycles. The molecule has 0 aliphatic heterocycles. The lowest BCUT2D eigenvalue weighted by Gasteiger charge is -2.14. The fraction of sp³-hybridized carbons (Fsp3) is 0.0833. The highest BCUT2D eigenvalue weighted by atomic mass is 32.3. The Balaban J connectivity index is 1.86. The van der Waals surface area contributed by atoms with Gasteiger partial charge in [0.2, 0.25) is 0 Å². The second-order valence-corrected chi connectivity index (χ2v) is 17.2. The van der Waals surface area contributed by atoms with E-state index in [-0.39, 0.29) is 10.6 Å². The van der Waals surface area contributed by atoms with Gasteiger partial charge in [-0.15, -0.1) is 15.3 Å². The molecule has 0 bridgehead atoms. The summed E-state index contributed by atoms with van der Waals surface area (Å²) in [4.78, 5) is -3.57. The average Bonchev–Trinajstić information content (AvgIpc) is 2.98. The van der Waals surface area contributed by atoms with Crippen molar-refractivity contribution in [1.29, 1.82) is 0 Å². The highest BCUT2D eigenvalue weighted by molar-refractivity contribution is 7.91. The van der Waals surface area contributed by atoms with Crippen LogP contribution >= 0.6 is 0 Å². The van der Waals surface area contributed by atoms with Gasteiger partial charge in [0.1, 0.15) is 26.9 Å². The minimum Gasteiger partial charge on any atom is -0.505 e. The van der Waals surface area contributed by atoms with E-state index < -0.39 is 123 Å². The van der Waals surface area contributed by atoms with Crippen molar-refractivity contribution in [2.45, 2.75) is 19.6 Å². The molecule has 4 aromatic rings. The molecule has 51 heavy (non-hydrogen) atoms. The van der Waals surface area contributed by atoms with Gasteiger partial charge in [0, 0.05) is 0 Å². The second kappa shape index (κ2) is 13.9. The molecule has 0 unspecified atom stereocenters. The number of benzene rings is 4. The van der Waals surface area contributed by atoms with Crippen LogP contribution in [0.4, 0.5) is 32.8 Å². The van der Waals surface area contributed by atoms with Crippen molar-refractivity contribution >= 4 is 89.8 Å². The van der Waals surface area contributed by atoms with Gasteiger partial charge >= 0.3 is 10.4 Å². The van der Waals surface area contributed by atoms with Crippen LogP contribution in [-0.2, 0) is 54.8 Å². The van der Waals surface area contributed by atoms with Crippen LogP contribution in [-0.4, -0.2) is 77.8 Å². The van der Waals surface area contributed by atoms with Gasteiger partial charge in [-0.05, 0) is 60.0 Å². The molecule has 7 N–H and O–H groups in total. The SMILES string of the molecule is Nc1c(N=Nc2ccc(S(=O)(=O)CCOS(=O)(=O)O)cc2)c(S(=O)(=O)O)cc2cc(S(=O)(=O)O)c(N=Nc3cc(S(=O)(=O)O)ccc3F)c(O)c12. The lowest BCUT2D eigenvalue weighted by molar-refractivity contribution is 0.284. The Hall–Kier alpha value is -4.58. The van der Waals surface area contributed by atoms with Crippen molar-refractivity contribution in [3.63, 3.8) is 0 Å². The van der Waals surface area contributed by atoms with Crippen LogP contribution in [0.5, 0.6) is 5.75 Å². The smallest absolute Gasteiger partial charge is 0.397 e. The molecule has 27 heteroatoms. The maximum atomic E-state index is 14.4. The number of sulfone groups is 1. The number of hydrogen-bond donors (Lipinski definition) is 6. The molecule has 21 nitrogen and oxygen atoms in total. The Bertz CT molecular complexity index is 2700. The van der Waals surface area contributed by atoms with Crippen LogP contribution in [0.3, 0.4) is 0 Å². The molecule has 0 amide bonds. The number of anilines is 1. The molecule has 0 atom stereocenters. The minimum atomic E-state index is -5.36. The number of phenols is 1. The summed E-state index contributed by atoms with van der Waals surface area (Å²) in [6, 6.07) is 6.89. The average molecular weight is 814 g/mol. The van der Waals surface area contributed by atoms with Crippen molar-refractivity contribution in [2.75, 3.05) is 18.1 Å². The topological polar surface area (TPSA) is 357 Å². The molecule has 0 radical (unpaired) electrons. The van der Waals surface area contributed by atoms with E-state index in [0.717, 1.165) is 24.3 Å². The number of nitrogens with zero attached hydrogens (tertiary/aromatic N) is 4. The molecule has 0 aliphatic carbocycles. The van der Waals surface area contributed by atoms with E-state index in [2.05, 4.69) is 24.6 Å². The van der Waals surface area contributed by atoms with Gasteiger partial charge in [0.25, 0.3) is 30.4 Å². The number of nitrogen functional groups attached to an aromatic ring is 1. The Morgan fingerprint density at radius 3 is 1.73 bits per heavy atom. The predicted molar refractivity (Wildman–Crippen MR) is 170 cm³/mol. The normalized spacial score (nSPS) is 13.4. The summed E-state index contributed by atoms with van der Waals surface area (Å²) in [5.74, 6) is -3.34. The van der Waals surface area contributed by atoms with Crippen molar-refractivity contribution in [1.82, 2.24) is 0 Å². The third-order valence-electron chi connectivity index (χ3n) is 6.39. The van der Waals surface area contributed by atoms with Gasteiger partial charge in [-0.2, -0.15) is 38.8 Å². The molecular formula is C24H20FN5O16S5. The first kappa shape index (κ1) is 39.2. The van der Waals surface area contributed by atoms with E-state index in [1.165, 1.54) is 0 Å². The predicted octanol–water partition coefficient (Wildman–Crippen LogP) is 3.43. The lowest BCUT2D eigenvalue weighted by Crippen LogP contribution is -2.15. The zero-order valence-corrected chi connectivity index (χ0v) is 28.7. The van der Waals surface area contributed by atoms with E-state index in [4.69, 9.17) is 10.3 Å². The largest absolute Gasteiger partial charge is 0.505 e. The number of azo groups is 2. The zero-order valence-electron chi connectivity index (χ0n) is 24.6. The summed E-state index contributed by atoms with van der Waals surface area (Å²) >= 11 is 0. The molecule has 0 heterocycles. The van der Waals surface area contributed by atoms with Crippen LogP contribution in [0, 0.1) is 5.82 Å². The van der Waals surface area contributed by atoms with E-state index in [1.54, 1.807) is 0 Å². The van der Waals surface area contributed by atoms with Gasteiger partial charge < -0.3 is 10.8 Å². The molecule has 0 saturated carbocycles. The molecule has 4 aromatic carbocycles. The Labute approximate surface area is 287 Å². The van der Waals surface area contributed by atoms with Crippen molar-refractivity contribution in [3.8, 4) is 5.75 Å². The van der Waals surface area contributed by atoms with Gasteiger partial charge in [0.05, 0.1) is 38.9 Å². The van der Waals surface area contributed by atoms with Crippen LogP contribution in [0.2, 0.25) is 0 Å². The number of aromatic hydroxyl groups is 1. The Morgan fingerprint density at radius 2 is 1.20 bits per heavy atom. The lowest BCUT2D eigenvalue weighted by atomic mass is 10.1. The molecule has 4 rings (SSSR count). The Kier molecular flexibility index (Phi) is 10.7.